The van der Waals surface area contributed by atoms with Gasteiger partial charge in [0.2, 0.25) is 0 Å². The highest BCUT2D eigenvalue weighted by atomic mass is 32.2. The average molecular weight is 341 g/mol. The van der Waals surface area contributed by atoms with Crippen molar-refractivity contribution in [3.05, 3.63) is 46.4 Å². The van der Waals surface area contributed by atoms with Gasteiger partial charge in [-0.2, -0.15) is 4.99 Å². The minimum Gasteiger partial charge on any atom is -0.355 e. The van der Waals surface area contributed by atoms with Crippen molar-refractivity contribution in [2.24, 2.45) is 15.9 Å². The lowest BCUT2D eigenvalue weighted by atomic mass is 9.99. The fourth-order valence-electron chi connectivity index (χ4n) is 3.23. The molecule has 0 aromatic carbocycles. The minimum atomic E-state index is -0.112. The van der Waals surface area contributed by atoms with Crippen molar-refractivity contribution < 1.29 is 4.79 Å². The van der Waals surface area contributed by atoms with Crippen LogP contribution in [0.4, 0.5) is 4.79 Å². The Kier molecular flexibility index (Phi) is 5.19. The van der Waals surface area contributed by atoms with Gasteiger partial charge >= 0.3 is 5.24 Å². The Morgan fingerprint density at radius 3 is 2.96 bits per heavy atom. The van der Waals surface area contributed by atoms with Crippen LogP contribution >= 0.6 is 11.8 Å². The first-order chi connectivity index (χ1) is 11.6. The minimum absolute atomic E-state index is 0.112. The van der Waals surface area contributed by atoms with Gasteiger partial charge in [0, 0.05) is 20.1 Å². The summed E-state index contributed by atoms with van der Waals surface area (Å²) in [6, 6.07) is 0. The third-order valence-corrected chi connectivity index (χ3v) is 5.47. The number of thioether (sulfide) groups is 1. The fourth-order valence-corrected chi connectivity index (χ4v) is 4.01. The molecule has 126 valence electrons. The number of carbonyl (C=O) groups excluding carboxylic acids is 1. The molecule has 3 aliphatic rings. The van der Waals surface area contributed by atoms with Gasteiger partial charge in [0.25, 0.3) is 0 Å². The molecule has 2 aliphatic heterocycles. The van der Waals surface area contributed by atoms with Crippen LogP contribution in [0.25, 0.3) is 0 Å². The standard InChI is InChI=1S/C19H23N3OS/c1-4-13-8-9-22(12-13)18-17(24-19(23)21-18)11-14-6-7-16(20-3)15(5-2)10-14/h5-7,10-11,13H,4,8-9,12H2,1-3H3/b15-5-,17-11-,20-16?/t13-/m0/s1. The molecule has 0 aromatic heterocycles. The highest BCUT2D eigenvalue weighted by Gasteiger charge is 2.31. The highest BCUT2D eigenvalue weighted by molar-refractivity contribution is 8.18. The summed E-state index contributed by atoms with van der Waals surface area (Å²) in [5.74, 6) is 1.56. The maximum atomic E-state index is 11.9. The van der Waals surface area contributed by atoms with Crippen molar-refractivity contribution in [2.75, 3.05) is 20.1 Å². The van der Waals surface area contributed by atoms with E-state index < -0.39 is 0 Å². The Hall–Kier alpha value is -1.88. The Morgan fingerprint density at radius 1 is 1.46 bits per heavy atom. The summed E-state index contributed by atoms with van der Waals surface area (Å²) in [5.41, 5.74) is 3.16. The molecule has 0 aromatic rings. The number of likely N-dealkylation sites (tertiary alicyclic amines) is 1. The second kappa shape index (κ2) is 7.34. The number of allylic oxidation sites excluding steroid dienone is 7. The molecule has 24 heavy (non-hydrogen) atoms. The average Bonchev–Trinajstić information content (AvgIpc) is 3.21. The van der Waals surface area contributed by atoms with Crippen LogP contribution in [-0.4, -0.2) is 41.8 Å². The van der Waals surface area contributed by atoms with Crippen LogP contribution in [0.1, 0.15) is 26.7 Å². The van der Waals surface area contributed by atoms with E-state index in [-0.39, 0.29) is 5.24 Å². The topological polar surface area (TPSA) is 45.0 Å². The number of rotatable bonds is 2. The number of aliphatic imine (C=N–C) groups is 2. The van der Waals surface area contributed by atoms with Crippen LogP contribution in [0, 0.1) is 5.92 Å². The van der Waals surface area contributed by atoms with Gasteiger partial charge in [-0.1, -0.05) is 25.5 Å². The van der Waals surface area contributed by atoms with E-state index in [1.165, 1.54) is 24.6 Å². The number of hydrogen-bond acceptors (Lipinski definition) is 4. The normalized spacial score (nSPS) is 29.1. The molecular formula is C19H23N3OS. The zero-order valence-corrected chi connectivity index (χ0v) is 15.3. The SMILES string of the molecule is C/C=C1C=C(/C=C2\SC(=O)N=C2N2CC[C@H](CC)C2)C=CC/1=NC. The van der Waals surface area contributed by atoms with Crippen molar-refractivity contribution in [1.82, 2.24) is 4.90 Å². The van der Waals surface area contributed by atoms with Crippen LogP contribution in [-0.2, 0) is 0 Å². The Balaban J connectivity index is 1.85. The van der Waals surface area contributed by atoms with Crippen molar-refractivity contribution in [3.63, 3.8) is 0 Å². The van der Waals surface area contributed by atoms with Gasteiger partial charge in [-0.05, 0) is 60.4 Å². The molecular weight excluding hydrogens is 318 g/mol. The molecule has 0 saturated carbocycles. The lowest BCUT2D eigenvalue weighted by molar-refractivity contribution is 0.267. The van der Waals surface area contributed by atoms with E-state index in [0.29, 0.717) is 5.92 Å². The Bertz CT molecular complexity index is 725. The number of nitrogens with zero attached hydrogens (tertiary/aromatic N) is 3. The van der Waals surface area contributed by atoms with Crippen LogP contribution in [0.3, 0.4) is 0 Å². The molecule has 1 fully saturated rings. The summed E-state index contributed by atoms with van der Waals surface area (Å²) in [6.07, 6.45) is 12.7. The molecule has 1 amide bonds. The number of amidine groups is 1. The van der Waals surface area contributed by atoms with Gasteiger partial charge in [-0.25, -0.2) is 0 Å². The van der Waals surface area contributed by atoms with Crippen molar-refractivity contribution in [3.8, 4) is 0 Å². The summed E-state index contributed by atoms with van der Waals surface area (Å²) < 4.78 is 0. The van der Waals surface area contributed by atoms with Gasteiger partial charge in [0.15, 0.2) is 0 Å². The first-order valence-corrected chi connectivity index (χ1v) is 9.27. The number of carbonyl (C=O) groups is 1. The molecule has 0 radical (unpaired) electrons. The maximum Gasteiger partial charge on any atom is 0.311 e. The third-order valence-electron chi connectivity index (χ3n) is 4.68. The summed E-state index contributed by atoms with van der Waals surface area (Å²) in [4.78, 5) is 23.6. The molecule has 1 aliphatic carbocycles. The van der Waals surface area contributed by atoms with Crippen LogP contribution < -0.4 is 0 Å². The predicted molar refractivity (Wildman–Crippen MR) is 103 cm³/mol. The molecule has 1 atom stereocenters. The first-order valence-electron chi connectivity index (χ1n) is 8.45. The van der Waals surface area contributed by atoms with Crippen molar-refractivity contribution >= 4 is 28.5 Å². The third kappa shape index (κ3) is 3.46. The molecule has 0 bridgehead atoms. The summed E-state index contributed by atoms with van der Waals surface area (Å²) in [7, 11) is 1.80. The second-order valence-electron chi connectivity index (χ2n) is 6.15. The molecule has 0 N–H and O–H groups in total. The van der Waals surface area contributed by atoms with Gasteiger partial charge in [0.1, 0.15) is 5.84 Å². The monoisotopic (exact) mass is 341 g/mol. The summed E-state index contributed by atoms with van der Waals surface area (Å²) in [5, 5.41) is -0.112. The fraction of sp³-hybridized carbons (Fsp3) is 0.421. The molecule has 5 heteroatoms. The van der Waals surface area contributed by atoms with E-state index >= 15 is 0 Å². The predicted octanol–water partition coefficient (Wildman–Crippen LogP) is 4.38. The lowest BCUT2D eigenvalue weighted by Crippen LogP contribution is -2.28. The Morgan fingerprint density at radius 2 is 2.29 bits per heavy atom. The highest BCUT2D eigenvalue weighted by Crippen LogP contribution is 2.33. The number of amides is 1. The summed E-state index contributed by atoms with van der Waals surface area (Å²) in [6.45, 7) is 6.23. The molecule has 2 heterocycles. The molecule has 0 unspecified atom stereocenters. The molecule has 4 nitrogen and oxygen atoms in total. The zero-order chi connectivity index (χ0) is 17.1. The van der Waals surface area contributed by atoms with Gasteiger partial charge in [-0.3, -0.25) is 9.79 Å². The van der Waals surface area contributed by atoms with Crippen LogP contribution in [0.5, 0.6) is 0 Å². The van der Waals surface area contributed by atoms with Gasteiger partial charge < -0.3 is 4.90 Å². The summed E-state index contributed by atoms with van der Waals surface area (Å²) >= 11 is 1.23. The zero-order valence-electron chi connectivity index (χ0n) is 14.5. The second-order valence-corrected chi connectivity index (χ2v) is 7.14. The Labute approximate surface area is 147 Å². The van der Waals surface area contributed by atoms with E-state index in [2.05, 4.69) is 40.0 Å². The molecule has 1 saturated heterocycles. The van der Waals surface area contributed by atoms with Crippen molar-refractivity contribution in [1.29, 1.82) is 0 Å². The van der Waals surface area contributed by atoms with Gasteiger partial charge in [-0.15, -0.1) is 0 Å². The smallest absolute Gasteiger partial charge is 0.311 e. The quantitative estimate of drug-likeness (QED) is 0.748. The van der Waals surface area contributed by atoms with E-state index in [1.54, 1.807) is 7.05 Å². The van der Waals surface area contributed by atoms with E-state index in [1.807, 2.05) is 19.1 Å². The van der Waals surface area contributed by atoms with Crippen molar-refractivity contribution in [2.45, 2.75) is 26.7 Å². The lowest BCUT2D eigenvalue weighted by Gasteiger charge is -2.18. The number of hydrogen-bond donors (Lipinski definition) is 0. The van der Waals surface area contributed by atoms with E-state index in [0.717, 1.165) is 40.7 Å². The van der Waals surface area contributed by atoms with E-state index in [9.17, 15) is 4.79 Å². The first kappa shape index (κ1) is 17.0. The molecule has 3 rings (SSSR count). The van der Waals surface area contributed by atoms with E-state index in [4.69, 9.17) is 0 Å². The van der Waals surface area contributed by atoms with Crippen LogP contribution in [0.15, 0.2) is 56.4 Å². The largest absolute Gasteiger partial charge is 0.355 e. The maximum absolute atomic E-state index is 11.9. The molecule has 0 spiro atoms. The van der Waals surface area contributed by atoms with Crippen LogP contribution in [0.2, 0.25) is 0 Å². The van der Waals surface area contributed by atoms with Gasteiger partial charge in [0.05, 0.1) is 10.6 Å².